The molecule has 0 spiro atoms. The average molecular weight is 298 g/mol. The summed E-state index contributed by atoms with van der Waals surface area (Å²) in [5, 5.41) is 1.74. The van der Waals surface area contributed by atoms with Crippen LogP contribution in [-0.4, -0.2) is 8.42 Å². The largest absolute Gasteiger partial charge is 0.399 e. The van der Waals surface area contributed by atoms with Crippen LogP contribution in [0.4, 0.5) is 11.4 Å². The third kappa shape index (κ3) is 2.83. The summed E-state index contributed by atoms with van der Waals surface area (Å²) >= 11 is 0. The smallest absolute Gasteiger partial charge is 0.261 e. The highest BCUT2D eigenvalue weighted by Crippen LogP contribution is 2.23. The molecule has 0 atom stereocenters. The van der Waals surface area contributed by atoms with Gasteiger partial charge in [0.05, 0.1) is 4.90 Å². The van der Waals surface area contributed by atoms with Crippen LogP contribution in [0, 0.1) is 0 Å². The first-order chi connectivity index (χ1) is 10.0. The lowest BCUT2D eigenvalue weighted by Crippen LogP contribution is -2.12. The summed E-state index contributed by atoms with van der Waals surface area (Å²) in [6.07, 6.45) is 0. The summed E-state index contributed by atoms with van der Waals surface area (Å²) in [4.78, 5) is 0.226. The van der Waals surface area contributed by atoms with E-state index < -0.39 is 10.0 Å². The fraction of sp³-hybridized carbons (Fsp3) is 0. The molecule has 0 radical (unpaired) electrons. The molecular formula is C16H14N2O2S. The minimum Gasteiger partial charge on any atom is -0.399 e. The topological polar surface area (TPSA) is 72.2 Å². The van der Waals surface area contributed by atoms with Gasteiger partial charge in [0.2, 0.25) is 0 Å². The predicted molar refractivity (Wildman–Crippen MR) is 85.6 cm³/mol. The average Bonchev–Trinajstić information content (AvgIpc) is 2.47. The van der Waals surface area contributed by atoms with Crippen molar-refractivity contribution in [3.63, 3.8) is 0 Å². The number of benzene rings is 3. The van der Waals surface area contributed by atoms with Crippen LogP contribution in [0.3, 0.4) is 0 Å². The number of sulfonamides is 1. The zero-order valence-electron chi connectivity index (χ0n) is 11.2. The minimum absolute atomic E-state index is 0.226. The van der Waals surface area contributed by atoms with Gasteiger partial charge < -0.3 is 5.73 Å². The van der Waals surface area contributed by atoms with Gasteiger partial charge in [0.1, 0.15) is 0 Å². The second kappa shape index (κ2) is 5.10. The Bertz CT molecular complexity index is 891. The standard InChI is InChI=1S/C16H14N2O2S/c17-14-8-6-13-11-16(9-7-12(13)10-14)21(19,20)18-15-4-2-1-3-5-15/h1-11,18H,17H2. The number of para-hydroxylation sites is 1. The van der Waals surface area contributed by atoms with Gasteiger partial charge in [-0.25, -0.2) is 8.42 Å². The van der Waals surface area contributed by atoms with E-state index in [4.69, 9.17) is 5.73 Å². The maximum atomic E-state index is 12.4. The molecule has 3 N–H and O–H groups in total. The first kappa shape index (κ1) is 13.5. The molecule has 106 valence electrons. The number of nitrogens with one attached hydrogen (secondary N) is 1. The van der Waals surface area contributed by atoms with Crippen molar-refractivity contribution in [2.24, 2.45) is 0 Å². The molecular weight excluding hydrogens is 284 g/mol. The molecule has 0 heterocycles. The SMILES string of the molecule is Nc1ccc2cc(S(=O)(=O)Nc3ccccc3)ccc2c1. The van der Waals surface area contributed by atoms with Crippen molar-refractivity contribution in [2.45, 2.75) is 4.90 Å². The zero-order valence-corrected chi connectivity index (χ0v) is 12.0. The summed E-state index contributed by atoms with van der Waals surface area (Å²) in [6.45, 7) is 0. The Balaban J connectivity index is 2.01. The Labute approximate surface area is 123 Å². The second-order valence-corrected chi connectivity index (χ2v) is 6.42. The van der Waals surface area contributed by atoms with E-state index in [1.807, 2.05) is 18.2 Å². The quantitative estimate of drug-likeness (QED) is 0.729. The summed E-state index contributed by atoms with van der Waals surface area (Å²) < 4.78 is 27.3. The molecule has 21 heavy (non-hydrogen) atoms. The Morgan fingerprint density at radius 1 is 0.810 bits per heavy atom. The van der Waals surface area contributed by atoms with E-state index in [2.05, 4.69) is 4.72 Å². The molecule has 0 aliphatic carbocycles. The molecule has 3 aromatic carbocycles. The molecule has 0 aliphatic heterocycles. The lowest BCUT2D eigenvalue weighted by molar-refractivity contribution is 0.601. The second-order valence-electron chi connectivity index (χ2n) is 4.74. The van der Waals surface area contributed by atoms with Crippen LogP contribution < -0.4 is 10.5 Å². The summed E-state index contributed by atoms with van der Waals surface area (Å²) in [6, 6.07) is 19.2. The molecule has 0 amide bonds. The van der Waals surface area contributed by atoms with Crippen LogP contribution in [0.15, 0.2) is 71.6 Å². The number of anilines is 2. The highest BCUT2D eigenvalue weighted by molar-refractivity contribution is 7.92. The van der Waals surface area contributed by atoms with Gasteiger partial charge in [0.25, 0.3) is 10.0 Å². The summed E-state index contributed by atoms with van der Waals surface area (Å²) in [7, 11) is -3.60. The first-order valence-electron chi connectivity index (χ1n) is 6.42. The monoisotopic (exact) mass is 298 g/mol. The van der Waals surface area contributed by atoms with Gasteiger partial charge >= 0.3 is 0 Å². The molecule has 5 heteroatoms. The highest BCUT2D eigenvalue weighted by atomic mass is 32.2. The molecule has 0 fully saturated rings. The van der Waals surface area contributed by atoms with E-state index in [9.17, 15) is 8.42 Å². The molecule has 0 bridgehead atoms. The van der Waals surface area contributed by atoms with Gasteiger partial charge in [0, 0.05) is 11.4 Å². The molecule has 0 unspecified atom stereocenters. The Morgan fingerprint density at radius 2 is 1.48 bits per heavy atom. The molecule has 3 aromatic rings. The van der Waals surface area contributed by atoms with Crippen molar-refractivity contribution in [2.75, 3.05) is 10.5 Å². The van der Waals surface area contributed by atoms with Crippen molar-refractivity contribution >= 4 is 32.2 Å². The van der Waals surface area contributed by atoms with E-state index in [-0.39, 0.29) is 4.90 Å². The van der Waals surface area contributed by atoms with Crippen molar-refractivity contribution in [1.29, 1.82) is 0 Å². The van der Waals surface area contributed by atoms with E-state index >= 15 is 0 Å². The van der Waals surface area contributed by atoms with E-state index in [0.29, 0.717) is 11.4 Å². The van der Waals surface area contributed by atoms with E-state index in [1.54, 1.807) is 48.5 Å². The van der Waals surface area contributed by atoms with Crippen molar-refractivity contribution in [3.05, 3.63) is 66.7 Å². The molecule has 0 aliphatic rings. The molecule has 0 saturated carbocycles. The fourth-order valence-corrected chi connectivity index (χ4v) is 3.22. The summed E-state index contributed by atoms with van der Waals surface area (Å²) in [5.74, 6) is 0. The zero-order chi connectivity index (χ0) is 14.9. The van der Waals surface area contributed by atoms with Gasteiger partial charge in [-0.05, 0) is 47.2 Å². The third-order valence-electron chi connectivity index (χ3n) is 3.17. The maximum absolute atomic E-state index is 12.4. The Hall–Kier alpha value is -2.53. The van der Waals surface area contributed by atoms with Crippen molar-refractivity contribution in [3.8, 4) is 0 Å². The van der Waals surface area contributed by atoms with E-state index in [0.717, 1.165) is 10.8 Å². The molecule has 4 nitrogen and oxygen atoms in total. The van der Waals surface area contributed by atoms with Crippen LogP contribution in [0.1, 0.15) is 0 Å². The number of hydrogen-bond donors (Lipinski definition) is 2. The minimum atomic E-state index is -3.60. The van der Waals surface area contributed by atoms with Gasteiger partial charge in [-0.3, -0.25) is 4.72 Å². The normalized spacial score (nSPS) is 11.4. The highest BCUT2D eigenvalue weighted by Gasteiger charge is 2.14. The molecule has 0 aromatic heterocycles. The van der Waals surface area contributed by atoms with Crippen molar-refractivity contribution < 1.29 is 8.42 Å². The fourth-order valence-electron chi connectivity index (χ4n) is 2.13. The number of fused-ring (bicyclic) bond motifs is 1. The first-order valence-corrected chi connectivity index (χ1v) is 7.90. The van der Waals surface area contributed by atoms with Crippen LogP contribution in [0.5, 0.6) is 0 Å². The number of nitrogen functional groups attached to an aromatic ring is 1. The summed E-state index contributed by atoms with van der Waals surface area (Å²) in [5.41, 5.74) is 6.91. The van der Waals surface area contributed by atoms with Crippen LogP contribution in [0.25, 0.3) is 10.8 Å². The van der Waals surface area contributed by atoms with Crippen molar-refractivity contribution in [1.82, 2.24) is 0 Å². The van der Waals surface area contributed by atoms with Gasteiger partial charge in [-0.2, -0.15) is 0 Å². The lowest BCUT2D eigenvalue weighted by atomic mass is 10.1. The molecule has 0 saturated heterocycles. The van der Waals surface area contributed by atoms with Crippen LogP contribution in [-0.2, 0) is 10.0 Å². The van der Waals surface area contributed by atoms with E-state index in [1.165, 1.54) is 0 Å². The lowest BCUT2D eigenvalue weighted by Gasteiger charge is -2.09. The molecule has 3 rings (SSSR count). The predicted octanol–water partition coefficient (Wildman–Crippen LogP) is 3.22. The number of rotatable bonds is 3. The Morgan fingerprint density at radius 3 is 2.24 bits per heavy atom. The number of hydrogen-bond acceptors (Lipinski definition) is 3. The van der Waals surface area contributed by atoms with Crippen LogP contribution in [0.2, 0.25) is 0 Å². The van der Waals surface area contributed by atoms with Crippen LogP contribution >= 0.6 is 0 Å². The third-order valence-corrected chi connectivity index (χ3v) is 4.55. The van der Waals surface area contributed by atoms with Gasteiger partial charge in [-0.1, -0.05) is 30.3 Å². The van der Waals surface area contributed by atoms with Gasteiger partial charge in [0.15, 0.2) is 0 Å². The van der Waals surface area contributed by atoms with Gasteiger partial charge in [-0.15, -0.1) is 0 Å². The maximum Gasteiger partial charge on any atom is 0.261 e. The Kier molecular flexibility index (Phi) is 3.27. The number of nitrogens with two attached hydrogens (primary N) is 1.